The van der Waals surface area contributed by atoms with E-state index < -0.39 is 0 Å². The second kappa shape index (κ2) is 15.5. The van der Waals surface area contributed by atoms with Crippen LogP contribution in [0.4, 0.5) is 0 Å². The van der Waals surface area contributed by atoms with Gasteiger partial charge in [0.25, 0.3) is 0 Å². The van der Waals surface area contributed by atoms with Crippen LogP contribution in [-0.4, -0.2) is 28.2 Å². The van der Waals surface area contributed by atoms with Gasteiger partial charge in [-0.25, -0.2) is 9.97 Å². The van der Waals surface area contributed by atoms with Crippen molar-refractivity contribution in [3.05, 3.63) is 242 Å². The highest BCUT2D eigenvalue weighted by Crippen LogP contribution is 2.40. The van der Waals surface area contributed by atoms with Gasteiger partial charge in [0.05, 0.1) is 55.8 Å². The van der Waals surface area contributed by atoms with Crippen molar-refractivity contribution in [2.24, 2.45) is 0 Å². The van der Waals surface area contributed by atoms with Crippen LogP contribution in [0.15, 0.2) is 237 Å². The Morgan fingerprint density at radius 1 is 0.278 bits per heavy atom. The smallest absolute Gasteiger partial charge is 0.163 e. The molecule has 0 amide bonds. The van der Waals surface area contributed by atoms with Gasteiger partial charge in [-0.3, -0.25) is 9.13 Å². The summed E-state index contributed by atoms with van der Waals surface area (Å²) in [5.74, 6) is 2.12. The van der Waals surface area contributed by atoms with E-state index in [-0.39, 0.29) is 0 Å². The lowest BCUT2D eigenvalue weighted by Gasteiger charge is -2.15. The second-order valence-electron chi connectivity index (χ2n) is 18.5. The van der Waals surface area contributed by atoms with Gasteiger partial charge in [-0.05, 0) is 96.1 Å². The number of nitriles is 1. The normalized spacial score (nSPS) is 11.9. The second-order valence-corrected chi connectivity index (χ2v) is 18.5. The van der Waals surface area contributed by atoms with Crippen molar-refractivity contribution < 1.29 is 0 Å². The quantitative estimate of drug-likeness (QED) is 0.167. The molecule has 5 aromatic heterocycles. The third-order valence-corrected chi connectivity index (χ3v) is 14.6. The van der Waals surface area contributed by atoms with E-state index in [0.29, 0.717) is 11.4 Å². The van der Waals surface area contributed by atoms with Crippen LogP contribution in [0.3, 0.4) is 0 Å². The zero-order chi connectivity index (χ0) is 47.4. The molecule has 334 valence electrons. The Morgan fingerprint density at radius 2 is 0.583 bits per heavy atom. The maximum atomic E-state index is 9.45. The standard InChI is InChI=1S/C65H39N7/c66-40-41-25-27-42(28-26-41)43-29-31-44(32-30-43)65-67-63(71-59-23-11-5-17-51(59)53-37-45(33-35-61(53)71)69-55-19-7-1-13-47(55)48-14-2-8-20-56(48)69)39-64(68-65)72-60-24-12-6-18-52(60)54-38-46(34-36-62(54)72)70-57-21-9-3-15-49(57)50-16-4-10-22-58(50)70/h1-39H. The topological polar surface area (TPSA) is 69.3 Å². The summed E-state index contributed by atoms with van der Waals surface area (Å²) in [6.07, 6.45) is 0. The number of benzene rings is 10. The highest BCUT2D eigenvalue weighted by Gasteiger charge is 2.22. The molecule has 0 saturated carbocycles. The fourth-order valence-corrected chi connectivity index (χ4v) is 11.4. The van der Waals surface area contributed by atoms with Gasteiger partial charge >= 0.3 is 0 Å². The summed E-state index contributed by atoms with van der Waals surface area (Å²) in [5, 5.41) is 18.9. The summed E-state index contributed by atoms with van der Waals surface area (Å²) in [5.41, 5.74) is 14.7. The molecule has 7 nitrogen and oxygen atoms in total. The average molecular weight is 918 g/mol. The summed E-state index contributed by atoms with van der Waals surface area (Å²) in [7, 11) is 0. The predicted molar refractivity (Wildman–Crippen MR) is 295 cm³/mol. The average Bonchev–Trinajstić information content (AvgIpc) is 4.18. The molecule has 0 saturated heterocycles. The number of hydrogen-bond donors (Lipinski definition) is 0. The number of nitrogens with zero attached hydrogens (tertiary/aromatic N) is 7. The molecular weight excluding hydrogens is 879 g/mol. The van der Waals surface area contributed by atoms with E-state index in [1.807, 2.05) is 24.3 Å². The molecular formula is C65H39N7. The van der Waals surface area contributed by atoms with Crippen LogP contribution in [0.5, 0.6) is 0 Å². The summed E-state index contributed by atoms with van der Waals surface area (Å²) in [6.45, 7) is 0. The first-order chi connectivity index (χ1) is 35.7. The minimum atomic E-state index is 0.606. The molecule has 15 aromatic rings. The van der Waals surface area contributed by atoms with Crippen LogP contribution >= 0.6 is 0 Å². The largest absolute Gasteiger partial charge is 0.309 e. The highest BCUT2D eigenvalue weighted by atomic mass is 15.1. The fraction of sp³-hybridized carbons (Fsp3) is 0. The Labute approximate surface area is 412 Å². The molecule has 5 heterocycles. The SMILES string of the molecule is N#Cc1ccc(-c2ccc(-c3nc(-n4c5ccccc5c5cc(-n6c7ccccc7c7ccccc76)ccc54)cc(-n4c5ccccc5c5cc(-n6c7ccccc7c7ccccc76)ccc54)n3)cc2)cc1. The van der Waals surface area contributed by atoms with E-state index in [9.17, 15) is 5.26 Å². The third-order valence-electron chi connectivity index (χ3n) is 14.6. The van der Waals surface area contributed by atoms with Gasteiger partial charge in [-0.1, -0.05) is 146 Å². The molecule has 15 rings (SSSR count). The van der Waals surface area contributed by atoms with E-state index in [4.69, 9.17) is 9.97 Å². The van der Waals surface area contributed by atoms with E-state index in [2.05, 4.69) is 237 Å². The van der Waals surface area contributed by atoms with E-state index in [0.717, 1.165) is 83.3 Å². The molecule has 0 aliphatic rings. The minimum absolute atomic E-state index is 0.606. The molecule has 72 heavy (non-hydrogen) atoms. The molecule has 0 aliphatic carbocycles. The Bertz CT molecular complexity index is 4390. The molecule has 7 heteroatoms. The van der Waals surface area contributed by atoms with Crippen LogP contribution in [0.2, 0.25) is 0 Å². The van der Waals surface area contributed by atoms with Crippen molar-refractivity contribution in [2.75, 3.05) is 0 Å². The molecule has 0 bridgehead atoms. The molecule has 0 radical (unpaired) electrons. The molecule has 0 N–H and O–H groups in total. The van der Waals surface area contributed by atoms with Gasteiger partial charge in [0.15, 0.2) is 5.82 Å². The van der Waals surface area contributed by atoms with E-state index in [1.165, 1.54) is 43.6 Å². The number of rotatable bonds is 6. The van der Waals surface area contributed by atoms with E-state index in [1.54, 1.807) is 0 Å². The lowest BCUT2D eigenvalue weighted by molar-refractivity contribution is 0.993. The molecule has 0 aliphatic heterocycles. The van der Waals surface area contributed by atoms with Crippen molar-refractivity contribution in [3.8, 4) is 51.6 Å². The van der Waals surface area contributed by atoms with Crippen molar-refractivity contribution in [2.45, 2.75) is 0 Å². The van der Waals surface area contributed by atoms with Crippen LogP contribution < -0.4 is 0 Å². The molecule has 10 aromatic carbocycles. The van der Waals surface area contributed by atoms with Gasteiger partial charge in [0.2, 0.25) is 0 Å². The Hall–Kier alpha value is -10.0. The summed E-state index contributed by atoms with van der Waals surface area (Å²) < 4.78 is 9.36. The third kappa shape index (κ3) is 5.90. The lowest BCUT2D eigenvalue weighted by atomic mass is 10.0. The Balaban J connectivity index is 0.963. The van der Waals surface area contributed by atoms with Gasteiger partial charge in [0.1, 0.15) is 11.6 Å². The van der Waals surface area contributed by atoms with Gasteiger partial charge in [-0.15, -0.1) is 0 Å². The van der Waals surface area contributed by atoms with Gasteiger partial charge in [0, 0.05) is 66.1 Å². The van der Waals surface area contributed by atoms with Crippen LogP contribution in [0.1, 0.15) is 5.56 Å². The zero-order valence-electron chi connectivity index (χ0n) is 38.6. The molecule has 0 atom stereocenters. The van der Waals surface area contributed by atoms with Crippen molar-refractivity contribution in [3.63, 3.8) is 0 Å². The maximum absolute atomic E-state index is 9.45. The minimum Gasteiger partial charge on any atom is -0.309 e. The van der Waals surface area contributed by atoms with Crippen LogP contribution in [-0.2, 0) is 0 Å². The summed E-state index contributed by atoms with van der Waals surface area (Å²) in [6, 6.07) is 86.1. The number of hydrogen-bond acceptors (Lipinski definition) is 3. The summed E-state index contributed by atoms with van der Waals surface area (Å²) >= 11 is 0. The first-order valence-corrected chi connectivity index (χ1v) is 24.2. The fourth-order valence-electron chi connectivity index (χ4n) is 11.4. The first kappa shape index (κ1) is 39.9. The highest BCUT2D eigenvalue weighted by molar-refractivity contribution is 6.14. The maximum Gasteiger partial charge on any atom is 0.163 e. The van der Waals surface area contributed by atoms with Gasteiger partial charge in [-0.2, -0.15) is 5.26 Å². The van der Waals surface area contributed by atoms with Crippen molar-refractivity contribution in [1.82, 2.24) is 28.2 Å². The van der Waals surface area contributed by atoms with Crippen molar-refractivity contribution in [1.29, 1.82) is 5.26 Å². The van der Waals surface area contributed by atoms with Crippen molar-refractivity contribution >= 4 is 87.2 Å². The Kier molecular flexibility index (Phi) is 8.59. The monoisotopic (exact) mass is 917 g/mol. The number of fused-ring (bicyclic) bond motifs is 12. The number of aromatic nitrogens is 6. The van der Waals surface area contributed by atoms with E-state index >= 15 is 0 Å². The lowest BCUT2D eigenvalue weighted by Crippen LogP contribution is -2.06. The Morgan fingerprint density at radius 3 is 0.958 bits per heavy atom. The zero-order valence-corrected chi connectivity index (χ0v) is 38.6. The first-order valence-electron chi connectivity index (χ1n) is 24.2. The molecule has 0 spiro atoms. The molecule has 0 unspecified atom stereocenters. The molecule has 0 fully saturated rings. The van der Waals surface area contributed by atoms with Gasteiger partial charge < -0.3 is 9.13 Å². The van der Waals surface area contributed by atoms with Crippen LogP contribution in [0.25, 0.3) is 133 Å². The predicted octanol–water partition coefficient (Wildman–Crippen LogP) is 16.1. The summed E-state index contributed by atoms with van der Waals surface area (Å²) in [4.78, 5) is 11.0. The number of para-hydroxylation sites is 6. The van der Waals surface area contributed by atoms with Crippen LogP contribution in [0, 0.1) is 11.3 Å².